The van der Waals surface area contributed by atoms with Crippen molar-refractivity contribution in [3.05, 3.63) is 18.6 Å². The number of aromatic nitrogens is 2. The van der Waals surface area contributed by atoms with Gasteiger partial charge in [-0.3, -0.25) is 9.78 Å². The predicted octanol–water partition coefficient (Wildman–Crippen LogP) is 0.574. The van der Waals surface area contributed by atoms with Crippen LogP contribution in [0.3, 0.4) is 0 Å². The first-order chi connectivity index (χ1) is 9.58. The summed E-state index contributed by atoms with van der Waals surface area (Å²) in [6.45, 7) is 0. The maximum atomic E-state index is 12.2. The van der Waals surface area contributed by atoms with Gasteiger partial charge in [-0.05, 0) is 42.9 Å². The van der Waals surface area contributed by atoms with Crippen molar-refractivity contribution in [2.24, 2.45) is 29.6 Å². The Morgan fingerprint density at radius 1 is 1.20 bits per heavy atom. The van der Waals surface area contributed by atoms with Gasteiger partial charge in [0.1, 0.15) is 0 Å². The number of carbonyl (C=O) groups excluding carboxylic acids is 1. The highest BCUT2D eigenvalue weighted by Gasteiger charge is 2.67. The van der Waals surface area contributed by atoms with Crippen molar-refractivity contribution in [3.63, 3.8) is 0 Å². The first-order valence-electron chi connectivity index (χ1n) is 6.90. The van der Waals surface area contributed by atoms with Crippen LogP contribution in [-0.2, 0) is 14.8 Å². The lowest BCUT2D eigenvalue weighted by molar-refractivity contribution is -0.121. The van der Waals surface area contributed by atoms with E-state index in [1.54, 1.807) is 0 Å². The average Bonchev–Trinajstić information content (AvgIpc) is 2.89. The summed E-state index contributed by atoms with van der Waals surface area (Å²) in [6.07, 6.45) is 7.47. The third kappa shape index (κ3) is 1.69. The van der Waals surface area contributed by atoms with Crippen LogP contribution in [0.4, 0.5) is 0 Å². The third-order valence-corrected chi connectivity index (χ3v) is 6.32. The molecule has 0 aromatic carbocycles. The topological polar surface area (TPSA) is 89.0 Å². The Balaban J connectivity index is 1.49. The normalized spacial score (nSPS) is 37.5. The zero-order valence-corrected chi connectivity index (χ0v) is 11.6. The number of rotatable bonds is 3. The second-order valence-electron chi connectivity index (χ2n) is 6.03. The van der Waals surface area contributed by atoms with Gasteiger partial charge < -0.3 is 0 Å². The van der Waals surface area contributed by atoms with E-state index in [0.717, 1.165) is 6.20 Å². The van der Waals surface area contributed by atoms with Crippen LogP contribution in [-0.4, -0.2) is 24.3 Å². The molecule has 0 spiro atoms. The van der Waals surface area contributed by atoms with E-state index in [2.05, 4.69) is 14.7 Å². The highest BCUT2D eigenvalue weighted by atomic mass is 32.2. The summed E-state index contributed by atoms with van der Waals surface area (Å²) in [5.41, 5.74) is 0. The summed E-state index contributed by atoms with van der Waals surface area (Å²) >= 11 is 0. The van der Waals surface area contributed by atoms with Gasteiger partial charge in [-0.2, -0.15) is 8.42 Å². The third-order valence-electron chi connectivity index (χ3n) is 5.09. The Kier molecular flexibility index (Phi) is 2.45. The Morgan fingerprint density at radius 3 is 2.50 bits per heavy atom. The zero-order valence-electron chi connectivity index (χ0n) is 10.8. The van der Waals surface area contributed by atoms with Gasteiger partial charge >= 0.3 is 0 Å². The van der Waals surface area contributed by atoms with Crippen molar-refractivity contribution in [1.29, 1.82) is 0 Å². The molecule has 3 aliphatic rings. The predicted molar refractivity (Wildman–Crippen MR) is 68.7 cm³/mol. The molecule has 0 radical (unpaired) electrons. The largest absolute Gasteiger partial charge is 0.283 e. The molecule has 1 N–H and O–H groups in total. The Morgan fingerprint density at radius 2 is 1.90 bits per heavy atom. The Hall–Kier alpha value is -1.50. The fraction of sp³-hybridized carbons (Fsp3) is 0.615. The minimum atomic E-state index is -3.88. The van der Waals surface area contributed by atoms with E-state index in [0.29, 0.717) is 23.7 Å². The lowest BCUT2D eigenvalue weighted by Gasteiger charge is -2.09. The monoisotopic (exact) mass is 293 g/mol. The number of hydrogen-bond acceptors (Lipinski definition) is 5. The van der Waals surface area contributed by atoms with Gasteiger partial charge in [0, 0.05) is 18.3 Å². The first-order valence-corrected chi connectivity index (χ1v) is 8.39. The van der Waals surface area contributed by atoms with E-state index in [1.807, 2.05) is 0 Å². The smallest absolute Gasteiger partial charge is 0.274 e. The lowest BCUT2D eigenvalue weighted by atomic mass is 10.0. The summed E-state index contributed by atoms with van der Waals surface area (Å²) in [4.78, 5) is 19.6. The minimum Gasteiger partial charge on any atom is -0.274 e. The van der Waals surface area contributed by atoms with Crippen LogP contribution in [0, 0.1) is 29.6 Å². The molecule has 1 aromatic heterocycles. The maximum Gasteiger partial charge on any atom is 0.283 e. The van der Waals surface area contributed by atoms with Gasteiger partial charge in [-0.15, -0.1) is 0 Å². The number of sulfonamides is 1. The Labute approximate surface area is 117 Å². The van der Waals surface area contributed by atoms with Crippen LogP contribution in [0.25, 0.3) is 0 Å². The molecule has 0 aliphatic heterocycles. The van der Waals surface area contributed by atoms with Crippen molar-refractivity contribution in [2.75, 3.05) is 0 Å². The van der Waals surface area contributed by atoms with E-state index >= 15 is 0 Å². The maximum absolute atomic E-state index is 12.2. The minimum absolute atomic E-state index is 0.104. The molecule has 106 valence electrons. The molecule has 2 bridgehead atoms. The van der Waals surface area contributed by atoms with Crippen LogP contribution in [0.2, 0.25) is 0 Å². The van der Waals surface area contributed by atoms with Crippen LogP contribution in [0.15, 0.2) is 23.6 Å². The zero-order chi connectivity index (χ0) is 13.9. The number of amides is 1. The summed E-state index contributed by atoms with van der Waals surface area (Å²) in [5, 5.41) is -0.206. The fourth-order valence-electron chi connectivity index (χ4n) is 4.35. The molecule has 1 heterocycles. The van der Waals surface area contributed by atoms with Crippen molar-refractivity contribution >= 4 is 15.9 Å². The van der Waals surface area contributed by atoms with Gasteiger partial charge in [0.2, 0.25) is 5.91 Å². The van der Waals surface area contributed by atoms with Crippen LogP contribution >= 0.6 is 0 Å². The summed E-state index contributed by atoms with van der Waals surface area (Å²) < 4.78 is 26.2. The second kappa shape index (κ2) is 4.00. The van der Waals surface area contributed by atoms with E-state index in [-0.39, 0.29) is 16.9 Å². The van der Waals surface area contributed by atoms with E-state index < -0.39 is 10.0 Å². The molecular formula is C13H15N3O3S. The summed E-state index contributed by atoms with van der Waals surface area (Å²) in [7, 11) is -3.88. The first kappa shape index (κ1) is 12.3. The molecule has 0 saturated heterocycles. The molecule has 6 nitrogen and oxygen atoms in total. The molecule has 7 heteroatoms. The average molecular weight is 293 g/mol. The molecule has 3 aliphatic carbocycles. The van der Waals surface area contributed by atoms with Gasteiger partial charge in [-0.25, -0.2) is 9.71 Å². The molecular weight excluding hydrogens is 278 g/mol. The van der Waals surface area contributed by atoms with Gasteiger partial charge in [-0.1, -0.05) is 0 Å². The van der Waals surface area contributed by atoms with Gasteiger partial charge in [0.05, 0.1) is 6.20 Å². The second-order valence-corrected chi connectivity index (χ2v) is 7.66. The SMILES string of the molecule is O=C(NS(=O)(=O)c1cnccn1)C1[C@@H]2[C@H]3CC[C@@H](C3)[C@@H]12. The van der Waals surface area contributed by atoms with Crippen molar-refractivity contribution < 1.29 is 13.2 Å². The van der Waals surface area contributed by atoms with E-state index in [9.17, 15) is 13.2 Å². The highest BCUT2D eigenvalue weighted by molar-refractivity contribution is 7.90. The van der Waals surface area contributed by atoms with E-state index in [1.165, 1.54) is 31.7 Å². The number of carbonyl (C=O) groups is 1. The summed E-state index contributed by atoms with van der Waals surface area (Å²) in [5.74, 6) is 1.66. The number of hydrogen-bond donors (Lipinski definition) is 1. The van der Waals surface area contributed by atoms with Crippen LogP contribution < -0.4 is 4.72 Å². The Bertz CT molecular complexity index is 645. The number of nitrogens with zero attached hydrogens (tertiary/aromatic N) is 2. The molecule has 4 rings (SSSR count). The quantitative estimate of drug-likeness (QED) is 0.880. The van der Waals surface area contributed by atoms with Crippen LogP contribution in [0.5, 0.6) is 0 Å². The number of nitrogens with one attached hydrogen (secondary N) is 1. The van der Waals surface area contributed by atoms with Crippen molar-refractivity contribution in [3.8, 4) is 0 Å². The fourth-order valence-corrected chi connectivity index (χ4v) is 5.26. The molecule has 4 atom stereocenters. The van der Waals surface area contributed by atoms with Crippen molar-refractivity contribution in [1.82, 2.24) is 14.7 Å². The van der Waals surface area contributed by atoms with Crippen LogP contribution in [0.1, 0.15) is 19.3 Å². The summed E-state index contributed by atoms with van der Waals surface area (Å²) in [6, 6.07) is 0. The lowest BCUT2D eigenvalue weighted by Crippen LogP contribution is -2.34. The standard InChI is InChI=1S/C13H15N3O3S/c17-13(12-10-7-1-2-8(5-7)11(10)12)16-20(18,19)9-6-14-3-4-15-9/h3-4,6-8,10-12H,1-2,5H2,(H,16,17)/t7-,8-,10+,11+/m0/s1. The van der Waals surface area contributed by atoms with E-state index in [4.69, 9.17) is 0 Å². The number of fused-ring (bicyclic) bond motifs is 5. The van der Waals surface area contributed by atoms with Gasteiger partial charge in [0.15, 0.2) is 5.03 Å². The van der Waals surface area contributed by atoms with Gasteiger partial charge in [0.25, 0.3) is 10.0 Å². The molecule has 20 heavy (non-hydrogen) atoms. The molecule has 0 unspecified atom stereocenters. The van der Waals surface area contributed by atoms with Crippen molar-refractivity contribution in [2.45, 2.75) is 24.3 Å². The molecule has 3 saturated carbocycles. The molecule has 3 fully saturated rings. The molecule has 1 amide bonds. The molecule has 1 aromatic rings. The highest BCUT2D eigenvalue weighted by Crippen LogP contribution is 2.69.